The maximum atomic E-state index is 15.0. The van der Waals surface area contributed by atoms with Gasteiger partial charge in [-0.3, -0.25) is 0 Å². The predicted octanol–water partition coefficient (Wildman–Crippen LogP) is 5.21. The number of hydrogen-bond donors (Lipinski definition) is 2. The number of aromatic nitrogens is 4. The Balaban J connectivity index is 1.34. The van der Waals surface area contributed by atoms with E-state index >= 15 is 0 Å². The lowest BCUT2D eigenvalue weighted by atomic mass is 9.82. The van der Waals surface area contributed by atoms with Crippen LogP contribution in [0.2, 0.25) is 0 Å². The molecule has 0 saturated carbocycles. The molecular weight excluding hydrogens is 486 g/mol. The van der Waals surface area contributed by atoms with Gasteiger partial charge < -0.3 is 20.5 Å². The van der Waals surface area contributed by atoms with Gasteiger partial charge in [-0.05, 0) is 83.7 Å². The molecule has 202 valence electrons. The van der Waals surface area contributed by atoms with Crippen LogP contribution in [0.1, 0.15) is 58.3 Å². The topological polar surface area (TPSA) is 97.2 Å². The number of aliphatic imine (C=N–C) groups is 1. The minimum Gasteiger partial charge on any atom is -0.326 e. The number of nitrogens with two attached hydrogens (primary N) is 1. The molecule has 2 aliphatic heterocycles. The third kappa shape index (κ3) is 5.33. The Morgan fingerprint density at radius 1 is 1.21 bits per heavy atom. The van der Waals surface area contributed by atoms with Crippen molar-refractivity contribution in [1.82, 2.24) is 24.4 Å². The van der Waals surface area contributed by atoms with E-state index in [9.17, 15) is 8.78 Å². The lowest BCUT2D eigenvalue weighted by Gasteiger charge is -2.37. The number of nitrogens with zero attached hydrogens (tertiary/aromatic N) is 6. The van der Waals surface area contributed by atoms with Crippen LogP contribution >= 0.6 is 0 Å². The monoisotopic (exact) mass is 522 g/mol. The molecule has 10 heteroatoms. The van der Waals surface area contributed by atoms with Gasteiger partial charge in [0.15, 0.2) is 11.6 Å². The highest BCUT2D eigenvalue weighted by Crippen LogP contribution is 2.31. The Morgan fingerprint density at radius 2 is 2.03 bits per heavy atom. The van der Waals surface area contributed by atoms with Crippen molar-refractivity contribution >= 4 is 23.2 Å². The third-order valence-electron chi connectivity index (χ3n) is 7.55. The average molecular weight is 523 g/mol. The van der Waals surface area contributed by atoms with Gasteiger partial charge in [0.1, 0.15) is 22.9 Å². The van der Waals surface area contributed by atoms with Crippen LogP contribution in [0.15, 0.2) is 35.2 Å². The highest BCUT2D eigenvalue weighted by Gasteiger charge is 2.31. The second-order valence-corrected chi connectivity index (χ2v) is 10.9. The second kappa shape index (κ2) is 10.5. The Labute approximate surface area is 222 Å². The summed E-state index contributed by atoms with van der Waals surface area (Å²) in [6.45, 7) is 11.3. The van der Waals surface area contributed by atoms with E-state index in [0.717, 1.165) is 32.3 Å². The molecular formula is C28H36F2N8. The Morgan fingerprint density at radius 3 is 2.74 bits per heavy atom. The van der Waals surface area contributed by atoms with Crippen molar-refractivity contribution in [3.8, 4) is 11.3 Å². The molecule has 0 radical (unpaired) electrons. The van der Waals surface area contributed by atoms with Crippen LogP contribution in [0, 0.1) is 24.5 Å². The van der Waals surface area contributed by atoms with E-state index in [2.05, 4.69) is 37.1 Å². The molecule has 2 aliphatic rings. The fourth-order valence-electron chi connectivity index (χ4n) is 5.75. The zero-order chi connectivity index (χ0) is 27.0. The highest BCUT2D eigenvalue weighted by molar-refractivity contribution is 5.83. The first-order chi connectivity index (χ1) is 18.2. The maximum Gasteiger partial charge on any atom is 0.229 e. The number of imidazole rings is 1. The minimum atomic E-state index is -0.641. The first-order valence-corrected chi connectivity index (χ1v) is 13.4. The van der Waals surface area contributed by atoms with Gasteiger partial charge in [0.05, 0.1) is 17.3 Å². The summed E-state index contributed by atoms with van der Waals surface area (Å²) in [5, 5.41) is 3.06. The van der Waals surface area contributed by atoms with E-state index in [1.165, 1.54) is 18.9 Å². The number of aryl methyl sites for hydroxylation is 1. The Kier molecular flexibility index (Phi) is 7.28. The average Bonchev–Trinajstić information content (AvgIpc) is 3.23. The number of benzene rings is 1. The van der Waals surface area contributed by atoms with Gasteiger partial charge in [0.2, 0.25) is 5.95 Å². The van der Waals surface area contributed by atoms with Crippen LogP contribution in [-0.4, -0.2) is 55.8 Å². The fraction of sp³-hybridized carbons (Fsp3) is 0.500. The highest BCUT2D eigenvalue weighted by atomic mass is 19.1. The zero-order valence-corrected chi connectivity index (χ0v) is 22.5. The Bertz CT molecular complexity index is 1400. The van der Waals surface area contributed by atoms with E-state index in [4.69, 9.17) is 5.73 Å². The quantitative estimate of drug-likeness (QED) is 0.442. The fourth-order valence-corrected chi connectivity index (χ4v) is 5.75. The molecule has 5 rings (SSSR count). The number of nitrogens with one attached hydrogen (secondary N) is 1. The smallest absolute Gasteiger partial charge is 0.229 e. The number of likely N-dealkylation sites (tertiary alicyclic amines) is 1. The van der Waals surface area contributed by atoms with Crippen LogP contribution in [-0.2, 0) is 0 Å². The van der Waals surface area contributed by atoms with Crippen molar-refractivity contribution < 1.29 is 8.78 Å². The molecule has 38 heavy (non-hydrogen) atoms. The van der Waals surface area contributed by atoms with E-state index in [-0.39, 0.29) is 23.2 Å². The molecule has 3 aromatic rings. The molecule has 0 amide bonds. The van der Waals surface area contributed by atoms with Gasteiger partial charge >= 0.3 is 0 Å². The Hall–Kier alpha value is -3.24. The number of piperidine rings is 1. The number of hydrogen-bond acceptors (Lipinski definition) is 7. The summed E-state index contributed by atoms with van der Waals surface area (Å²) >= 11 is 0. The standard InChI is InChI=1S/C28H36F2N8/c1-5-37-10-6-7-19(15-37)13-28(31)9-8-24(33-16-28)35-27-32-14-22(30)25(36-27)20-11-21(29)26-23(12-20)38(17(2)3)18(4)34-26/h8,11-12,14,16-17,19H,5-7,9-10,13,15,31H2,1-4H3,(H,32,35,36). The lowest BCUT2D eigenvalue weighted by molar-refractivity contribution is 0.165. The molecule has 2 atom stereocenters. The largest absolute Gasteiger partial charge is 0.326 e. The molecule has 8 nitrogen and oxygen atoms in total. The van der Waals surface area contributed by atoms with Crippen molar-refractivity contribution in [2.45, 2.75) is 65.0 Å². The van der Waals surface area contributed by atoms with Crippen LogP contribution in [0.3, 0.4) is 0 Å². The molecule has 0 spiro atoms. The minimum absolute atomic E-state index is 0.00352. The summed E-state index contributed by atoms with van der Waals surface area (Å²) in [5.74, 6) is 0.816. The first-order valence-electron chi connectivity index (χ1n) is 13.4. The van der Waals surface area contributed by atoms with Gasteiger partial charge in [-0.2, -0.15) is 0 Å². The molecule has 0 bridgehead atoms. The summed E-state index contributed by atoms with van der Waals surface area (Å²) in [6.07, 6.45) is 8.74. The molecule has 1 aromatic carbocycles. The molecule has 1 saturated heterocycles. The molecule has 0 aliphatic carbocycles. The first kappa shape index (κ1) is 26.4. The SMILES string of the molecule is CCN1CCCC(CC2(N)C=NC(Nc3ncc(F)c(-c4cc(F)c5nc(C)n(C(C)C)c5c4)n3)=CC2)C1. The van der Waals surface area contributed by atoms with E-state index < -0.39 is 17.2 Å². The molecule has 4 heterocycles. The number of halogens is 2. The third-order valence-corrected chi connectivity index (χ3v) is 7.55. The van der Waals surface area contributed by atoms with E-state index in [1.807, 2.05) is 37.6 Å². The van der Waals surface area contributed by atoms with Gasteiger partial charge in [-0.1, -0.05) is 6.92 Å². The van der Waals surface area contributed by atoms with E-state index in [0.29, 0.717) is 35.1 Å². The number of fused-ring (bicyclic) bond motifs is 1. The molecule has 2 unspecified atom stereocenters. The van der Waals surface area contributed by atoms with Gasteiger partial charge in [-0.25, -0.2) is 28.7 Å². The van der Waals surface area contributed by atoms with Gasteiger partial charge in [-0.15, -0.1) is 0 Å². The molecule has 2 aromatic heterocycles. The van der Waals surface area contributed by atoms with E-state index in [1.54, 1.807) is 6.07 Å². The van der Waals surface area contributed by atoms with Crippen molar-refractivity contribution in [2.75, 3.05) is 25.0 Å². The van der Waals surface area contributed by atoms with Crippen LogP contribution in [0.4, 0.5) is 14.7 Å². The zero-order valence-electron chi connectivity index (χ0n) is 22.5. The van der Waals surface area contributed by atoms with Crippen molar-refractivity contribution in [3.63, 3.8) is 0 Å². The lowest BCUT2D eigenvalue weighted by Crippen LogP contribution is -2.47. The summed E-state index contributed by atoms with van der Waals surface area (Å²) in [5.41, 5.74) is 7.36. The summed E-state index contributed by atoms with van der Waals surface area (Å²) in [6, 6.07) is 3.05. The van der Waals surface area contributed by atoms with Crippen LogP contribution in [0.5, 0.6) is 0 Å². The van der Waals surface area contributed by atoms with Crippen molar-refractivity contribution in [2.24, 2.45) is 16.6 Å². The van der Waals surface area contributed by atoms with Gasteiger partial charge in [0, 0.05) is 24.4 Å². The maximum absolute atomic E-state index is 15.0. The summed E-state index contributed by atoms with van der Waals surface area (Å²) in [4.78, 5) is 19.8. The summed E-state index contributed by atoms with van der Waals surface area (Å²) in [7, 11) is 0. The predicted molar refractivity (Wildman–Crippen MR) is 147 cm³/mol. The number of anilines is 1. The number of rotatable bonds is 7. The second-order valence-electron chi connectivity index (χ2n) is 10.9. The van der Waals surface area contributed by atoms with Crippen LogP contribution < -0.4 is 11.1 Å². The van der Waals surface area contributed by atoms with Crippen molar-refractivity contribution in [1.29, 1.82) is 0 Å². The van der Waals surface area contributed by atoms with Crippen LogP contribution in [0.25, 0.3) is 22.3 Å². The van der Waals surface area contributed by atoms with Gasteiger partial charge in [0.25, 0.3) is 0 Å². The molecule has 1 fully saturated rings. The normalized spacial score (nSPS) is 22.3. The van der Waals surface area contributed by atoms with Crippen molar-refractivity contribution in [3.05, 3.63) is 47.7 Å². The summed E-state index contributed by atoms with van der Waals surface area (Å²) < 4.78 is 31.7. The molecule has 3 N–H and O–H groups in total.